The third-order valence-corrected chi connectivity index (χ3v) is 3.53. The Bertz CT molecular complexity index is 774. The van der Waals surface area contributed by atoms with Crippen LogP contribution in [0.5, 0.6) is 11.5 Å². The fourth-order valence-corrected chi connectivity index (χ4v) is 2.49. The van der Waals surface area contributed by atoms with E-state index >= 15 is 0 Å². The molecule has 0 radical (unpaired) electrons. The summed E-state index contributed by atoms with van der Waals surface area (Å²) in [6, 6.07) is 16.1. The second-order valence-corrected chi connectivity index (χ2v) is 4.93. The number of aryl methyl sites for hydroxylation is 1. The highest BCUT2D eigenvalue weighted by atomic mass is 16.5. The van der Waals surface area contributed by atoms with E-state index in [0.717, 1.165) is 33.7 Å². The Morgan fingerprint density at radius 1 is 0.857 bits per heavy atom. The van der Waals surface area contributed by atoms with E-state index in [9.17, 15) is 0 Å². The van der Waals surface area contributed by atoms with Crippen molar-refractivity contribution in [3.05, 3.63) is 54.1 Å². The molecule has 0 atom stereocenters. The summed E-state index contributed by atoms with van der Waals surface area (Å²) in [6.07, 6.45) is 0. The predicted molar refractivity (Wildman–Crippen MR) is 85.0 cm³/mol. The molecule has 1 aromatic heterocycles. The lowest BCUT2D eigenvalue weighted by atomic mass is 10.1. The van der Waals surface area contributed by atoms with E-state index in [1.54, 1.807) is 14.2 Å². The van der Waals surface area contributed by atoms with Crippen LogP contribution in [-0.2, 0) is 0 Å². The first-order valence-corrected chi connectivity index (χ1v) is 6.81. The minimum absolute atomic E-state index is 0.758. The highest BCUT2D eigenvalue weighted by molar-refractivity contribution is 5.84. The predicted octanol–water partition coefficient (Wildman–Crippen LogP) is 4.23. The summed E-state index contributed by atoms with van der Waals surface area (Å²) in [5, 5.41) is 1.13. The van der Waals surface area contributed by atoms with Gasteiger partial charge in [0, 0.05) is 5.39 Å². The van der Waals surface area contributed by atoms with Gasteiger partial charge in [0.05, 0.1) is 31.0 Å². The number of hydrogen-bond donors (Lipinski definition) is 0. The van der Waals surface area contributed by atoms with Crippen LogP contribution in [0.2, 0.25) is 0 Å². The topological polar surface area (TPSA) is 31.4 Å². The first kappa shape index (κ1) is 13.4. The van der Waals surface area contributed by atoms with Crippen LogP contribution < -0.4 is 9.47 Å². The van der Waals surface area contributed by atoms with E-state index in [1.807, 2.05) is 30.3 Å². The molecule has 0 unspecified atom stereocenters. The molecule has 1 heterocycles. The van der Waals surface area contributed by atoms with Gasteiger partial charge in [-0.25, -0.2) is 4.98 Å². The maximum atomic E-state index is 5.45. The van der Waals surface area contributed by atoms with E-state index in [0.29, 0.717) is 0 Å². The molecule has 3 nitrogen and oxygen atoms in total. The Kier molecular flexibility index (Phi) is 3.48. The first-order chi connectivity index (χ1) is 10.2. The van der Waals surface area contributed by atoms with Gasteiger partial charge in [0.1, 0.15) is 11.5 Å². The lowest BCUT2D eigenvalue weighted by Crippen LogP contribution is -1.95. The van der Waals surface area contributed by atoms with Crippen molar-refractivity contribution in [1.82, 2.24) is 4.98 Å². The standard InChI is InChI=1S/C18H17NO2/c1-12-7-9-14-13(11-12)8-10-15(19-14)18-16(20-2)5-4-6-17(18)21-3/h4-11H,1-3H3. The molecule has 0 spiro atoms. The summed E-state index contributed by atoms with van der Waals surface area (Å²) >= 11 is 0. The fraction of sp³-hybridized carbons (Fsp3) is 0.167. The van der Waals surface area contributed by atoms with Gasteiger partial charge in [0.2, 0.25) is 0 Å². The van der Waals surface area contributed by atoms with Gasteiger partial charge in [0.25, 0.3) is 0 Å². The minimum atomic E-state index is 0.758. The third-order valence-electron chi connectivity index (χ3n) is 3.53. The van der Waals surface area contributed by atoms with Gasteiger partial charge >= 0.3 is 0 Å². The summed E-state index contributed by atoms with van der Waals surface area (Å²) < 4.78 is 10.9. The summed E-state index contributed by atoms with van der Waals surface area (Å²) in [6.45, 7) is 2.08. The molecular weight excluding hydrogens is 262 g/mol. The zero-order chi connectivity index (χ0) is 14.8. The van der Waals surface area contributed by atoms with Crippen LogP contribution in [0.4, 0.5) is 0 Å². The van der Waals surface area contributed by atoms with Gasteiger partial charge < -0.3 is 9.47 Å². The molecule has 0 amide bonds. The number of benzene rings is 2. The summed E-state index contributed by atoms with van der Waals surface area (Å²) in [4.78, 5) is 4.74. The van der Waals surface area contributed by atoms with Gasteiger partial charge in [-0.1, -0.05) is 23.8 Å². The molecule has 0 saturated heterocycles. The van der Waals surface area contributed by atoms with E-state index in [-0.39, 0.29) is 0 Å². The third kappa shape index (κ3) is 2.42. The average Bonchev–Trinajstić information content (AvgIpc) is 2.53. The maximum Gasteiger partial charge on any atom is 0.132 e. The second-order valence-electron chi connectivity index (χ2n) is 4.93. The van der Waals surface area contributed by atoms with Crippen molar-refractivity contribution in [2.75, 3.05) is 14.2 Å². The SMILES string of the molecule is COc1cccc(OC)c1-c1ccc2cc(C)ccc2n1. The van der Waals surface area contributed by atoms with Gasteiger partial charge in [-0.05, 0) is 37.3 Å². The zero-order valence-electron chi connectivity index (χ0n) is 12.4. The molecular formula is C18H17NO2. The number of aromatic nitrogens is 1. The van der Waals surface area contributed by atoms with Crippen LogP contribution in [0.3, 0.4) is 0 Å². The van der Waals surface area contributed by atoms with Crippen LogP contribution in [0.1, 0.15) is 5.56 Å². The molecule has 3 aromatic rings. The van der Waals surface area contributed by atoms with Crippen molar-refractivity contribution in [2.24, 2.45) is 0 Å². The number of methoxy groups -OCH3 is 2. The Hall–Kier alpha value is -2.55. The van der Waals surface area contributed by atoms with Crippen molar-refractivity contribution in [1.29, 1.82) is 0 Å². The van der Waals surface area contributed by atoms with Gasteiger partial charge in [0.15, 0.2) is 0 Å². The van der Waals surface area contributed by atoms with Crippen LogP contribution >= 0.6 is 0 Å². The van der Waals surface area contributed by atoms with Crippen molar-refractivity contribution >= 4 is 10.9 Å². The molecule has 21 heavy (non-hydrogen) atoms. The van der Waals surface area contributed by atoms with Crippen molar-refractivity contribution in [3.8, 4) is 22.8 Å². The molecule has 0 bridgehead atoms. The highest BCUT2D eigenvalue weighted by Crippen LogP contribution is 2.37. The number of fused-ring (bicyclic) bond motifs is 1. The lowest BCUT2D eigenvalue weighted by molar-refractivity contribution is 0.397. The van der Waals surface area contributed by atoms with Crippen LogP contribution in [0.15, 0.2) is 48.5 Å². The monoisotopic (exact) mass is 279 g/mol. The molecule has 0 saturated carbocycles. The number of ether oxygens (including phenoxy) is 2. The molecule has 0 aliphatic rings. The normalized spacial score (nSPS) is 10.6. The molecule has 0 aliphatic heterocycles. The number of hydrogen-bond acceptors (Lipinski definition) is 3. The first-order valence-electron chi connectivity index (χ1n) is 6.81. The van der Waals surface area contributed by atoms with Gasteiger partial charge in [-0.15, -0.1) is 0 Å². The van der Waals surface area contributed by atoms with Crippen LogP contribution in [0, 0.1) is 6.92 Å². The van der Waals surface area contributed by atoms with Gasteiger partial charge in [-0.3, -0.25) is 0 Å². The fourth-order valence-electron chi connectivity index (χ4n) is 2.49. The molecule has 106 valence electrons. The Morgan fingerprint density at radius 3 is 2.24 bits per heavy atom. The summed E-state index contributed by atoms with van der Waals surface area (Å²) in [5.74, 6) is 1.52. The van der Waals surface area contributed by atoms with E-state index in [1.165, 1.54) is 5.56 Å². The second kappa shape index (κ2) is 5.44. The largest absolute Gasteiger partial charge is 0.496 e. The molecule has 3 rings (SSSR count). The Morgan fingerprint density at radius 2 is 1.57 bits per heavy atom. The molecule has 2 aromatic carbocycles. The van der Waals surface area contributed by atoms with Crippen LogP contribution in [-0.4, -0.2) is 19.2 Å². The number of rotatable bonds is 3. The molecule has 0 fully saturated rings. The van der Waals surface area contributed by atoms with E-state index in [4.69, 9.17) is 14.5 Å². The highest BCUT2D eigenvalue weighted by Gasteiger charge is 2.13. The summed E-state index contributed by atoms with van der Waals surface area (Å²) in [5.41, 5.74) is 3.92. The number of pyridine rings is 1. The zero-order valence-corrected chi connectivity index (χ0v) is 12.4. The number of nitrogens with zero attached hydrogens (tertiary/aromatic N) is 1. The quantitative estimate of drug-likeness (QED) is 0.719. The Labute approximate surface area is 124 Å². The Balaban J connectivity index is 2.23. The average molecular weight is 279 g/mol. The molecule has 0 aliphatic carbocycles. The lowest BCUT2D eigenvalue weighted by Gasteiger charge is -2.13. The van der Waals surface area contributed by atoms with E-state index in [2.05, 4.69) is 25.1 Å². The van der Waals surface area contributed by atoms with Crippen LogP contribution in [0.25, 0.3) is 22.2 Å². The minimum Gasteiger partial charge on any atom is -0.496 e. The van der Waals surface area contributed by atoms with Crippen molar-refractivity contribution in [2.45, 2.75) is 6.92 Å². The molecule has 3 heteroatoms. The summed E-state index contributed by atoms with van der Waals surface area (Å²) in [7, 11) is 3.31. The van der Waals surface area contributed by atoms with E-state index < -0.39 is 0 Å². The van der Waals surface area contributed by atoms with Crippen molar-refractivity contribution in [3.63, 3.8) is 0 Å². The van der Waals surface area contributed by atoms with Crippen molar-refractivity contribution < 1.29 is 9.47 Å². The molecule has 0 N–H and O–H groups in total. The van der Waals surface area contributed by atoms with Gasteiger partial charge in [-0.2, -0.15) is 0 Å². The maximum absolute atomic E-state index is 5.45. The smallest absolute Gasteiger partial charge is 0.132 e.